The topological polar surface area (TPSA) is 3.24 Å². The zero-order valence-electron chi connectivity index (χ0n) is 23.9. The van der Waals surface area contributed by atoms with Gasteiger partial charge in [-0.1, -0.05) is 89.5 Å². The van der Waals surface area contributed by atoms with E-state index in [0.29, 0.717) is 0 Å². The smallest absolute Gasteiger partial charge is 0.127 e. The summed E-state index contributed by atoms with van der Waals surface area (Å²) >= 11 is 0. The number of unbranched alkanes of at least 4 members (excludes halogenated alkanes) is 1. The molecule has 1 aromatic rings. The first kappa shape index (κ1) is 32.3. The van der Waals surface area contributed by atoms with Gasteiger partial charge in [-0.25, -0.2) is 4.39 Å². The van der Waals surface area contributed by atoms with E-state index in [1.807, 2.05) is 19.1 Å². The highest BCUT2D eigenvalue weighted by atomic mass is 19.1. The van der Waals surface area contributed by atoms with Crippen molar-refractivity contribution in [1.82, 2.24) is 4.90 Å². The van der Waals surface area contributed by atoms with Crippen LogP contribution >= 0.6 is 0 Å². The van der Waals surface area contributed by atoms with E-state index in [1.54, 1.807) is 6.07 Å². The second-order valence-corrected chi connectivity index (χ2v) is 10.4. The van der Waals surface area contributed by atoms with Crippen LogP contribution in [0.15, 0.2) is 53.6 Å². The molecule has 2 heteroatoms. The first-order valence-corrected chi connectivity index (χ1v) is 13.5. The SMILES string of the molecule is C=C(CCC(C)C)/C(C)=C\C(C)=C/C.CCCC.Cc1ccc(CN2CCC(C)CC2)c(F)c1. The lowest BCUT2D eigenvalue weighted by Gasteiger charge is -2.30. The summed E-state index contributed by atoms with van der Waals surface area (Å²) in [4.78, 5) is 2.35. The van der Waals surface area contributed by atoms with Crippen LogP contribution in [0.25, 0.3) is 0 Å². The third kappa shape index (κ3) is 15.3. The monoisotopic (exact) mass is 471 g/mol. The molecule has 0 unspecified atom stereocenters. The Morgan fingerprint density at radius 2 is 1.74 bits per heavy atom. The molecule has 0 saturated carbocycles. The molecule has 0 N–H and O–H groups in total. The molecule has 1 nitrogen and oxygen atoms in total. The lowest BCUT2D eigenvalue weighted by atomic mass is 9.98. The molecule has 0 aromatic heterocycles. The molecule has 0 spiro atoms. The van der Waals surface area contributed by atoms with E-state index in [0.717, 1.165) is 49.0 Å². The molecule has 194 valence electrons. The number of nitrogens with zero attached hydrogens (tertiary/aromatic N) is 1. The van der Waals surface area contributed by atoms with Crippen molar-refractivity contribution >= 4 is 0 Å². The van der Waals surface area contributed by atoms with Gasteiger partial charge >= 0.3 is 0 Å². The Kier molecular flexibility index (Phi) is 17.7. The molecule has 1 fully saturated rings. The molecular formula is C32H54FN. The second-order valence-electron chi connectivity index (χ2n) is 10.4. The molecule has 1 aliphatic heterocycles. The lowest BCUT2D eigenvalue weighted by molar-refractivity contribution is 0.183. The minimum atomic E-state index is -0.0568. The van der Waals surface area contributed by atoms with Gasteiger partial charge in [-0.2, -0.15) is 0 Å². The molecule has 1 saturated heterocycles. The van der Waals surface area contributed by atoms with Gasteiger partial charge in [0.05, 0.1) is 0 Å². The fourth-order valence-electron chi connectivity index (χ4n) is 3.43. The minimum absolute atomic E-state index is 0.0568. The fraction of sp³-hybridized carbons (Fsp3) is 0.625. The third-order valence-electron chi connectivity index (χ3n) is 6.46. The van der Waals surface area contributed by atoms with Crippen LogP contribution in [-0.4, -0.2) is 18.0 Å². The summed E-state index contributed by atoms with van der Waals surface area (Å²) < 4.78 is 13.7. The number of rotatable bonds is 8. The lowest BCUT2D eigenvalue weighted by Crippen LogP contribution is -2.32. The highest BCUT2D eigenvalue weighted by Gasteiger charge is 2.16. The van der Waals surface area contributed by atoms with Gasteiger partial charge < -0.3 is 0 Å². The van der Waals surface area contributed by atoms with Crippen LogP contribution in [0.2, 0.25) is 0 Å². The van der Waals surface area contributed by atoms with E-state index in [1.165, 1.54) is 48.8 Å². The number of piperidine rings is 1. The number of halogens is 1. The summed E-state index contributed by atoms with van der Waals surface area (Å²) in [6, 6.07) is 5.54. The van der Waals surface area contributed by atoms with E-state index < -0.39 is 0 Å². The van der Waals surface area contributed by atoms with Gasteiger partial charge in [0.1, 0.15) is 5.82 Å². The Morgan fingerprint density at radius 3 is 2.21 bits per heavy atom. The second kappa shape index (κ2) is 18.6. The van der Waals surface area contributed by atoms with E-state index in [2.05, 4.69) is 79.0 Å². The summed E-state index contributed by atoms with van der Waals surface area (Å²) in [7, 11) is 0. The van der Waals surface area contributed by atoms with Crippen LogP contribution in [-0.2, 0) is 6.54 Å². The molecule has 0 bridgehead atoms. The van der Waals surface area contributed by atoms with Gasteiger partial charge in [-0.15, -0.1) is 0 Å². The van der Waals surface area contributed by atoms with Crippen LogP contribution < -0.4 is 0 Å². The zero-order valence-corrected chi connectivity index (χ0v) is 23.9. The maximum absolute atomic E-state index is 13.7. The predicted octanol–water partition coefficient (Wildman–Crippen LogP) is 10.1. The first-order valence-electron chi connectivity index (χ1n) is 13.5. The normalized spacial score (nSPS) is 15.4. The largest absolute Gasteiger partial charge is 0.299 e. The van der Waals surface area contributed by atoms with Crippen LogP contribution in [0.3, 0.4) is 0 Å². The Morgan fingerprint density at radius 1 is 1.15 bits per heavy atom. The molecule has 1 aliphatic rings. The summed E-state index contributed by atoms with van der Waals surface area (Å²) in [6.45, 7) is 26.5. The summed E-state index contributed by atoms with van der Waals surface area (Å²) in [5.74, 6) is 1.54. The molecule has 0 amide bonds. The van der Waals surface area contributed by atoms with Crippen molar-refractivity contribution in [2.75, 3.05) is 13.1 Å². The number of likely N-dealkylation sites (tertiary alicyclic amines) is 1. The Hall–Kier alpha value is -1.67. The van der Waals surface area contributed by atoms with Gasteiger partial charge in [0.15, 0.2) is 0 Å². The summed E-state index contributed by atoms with van der Waals surface area (Å²) in [5, 5.41) is 0. The molecule has 0 atom stereocenters. The molecule has 1 heterocycles. The fourth-order valence-corrected chi connectivity index (χ4v) is 3.43. The number of hydrogen-bond donors (Lipinski definition) is 0. The van der Waals surface area contributed by atoms with Gasteiger partial charge in [0.2, 0.25) is 0 Å². The Labute approximate surface area is 212 Å². The van der Waals surface area contributed by atoms with Crippen LogP contribution in [0.1, 0.15) is 105 Å². The Balaban J connectivity index is 0.000000559. The molecule has 2 rings (SSSR count). The zero-order chi connectivity index (χ0) is 26.1. The maximum atomic E-state index is 13.7. The van der Waals surface area contributed by atoms with Gasteiger partial charge in [-0.3, -0.25) is 4.90 Å². The number of aryl methyl sites for hydroxylation is 1. The Bertz CT molecular complexity index is 746. The number of benzene rings is 1. The molecule has 0 aliphatic carbocycles. The molecule has 1 aromatic carbocycles. The van der Waals surface area contributed by atoms with E-state index >= 15 is 0 Å². The van der Waals surface area contributed by atoms with E-state index in [-0.39, 0.29) is 5.82 Å². The van der Waals surface area contributed by atoms with Gasteiger partial charge in [0.25, 0.3) is 0 Å². The quantitative estimate of drug-likeness (QED) is 0.341. The van der Waals surface area contributed by atoms with Crippen molar-refractivity contribution in [2.24, 2.45) is 11.8 Å². The van der Waals surface area contributed by atoms with Gasteiger partial charge in [-0.05, 0) is 95.5 Å². The summed E-state index contributed by atoms with van der Waals surface area (Å²) in [5.41, 5.74) is 5.74. The maximum Gasteiger partial charge on any atom is 0.127 e. The van der Waals surface area contributed by atoms with Crippen molar-refractivity contribution in [3.05, 3.63) is 70.6 Å². The van der Waals surface area contributed by atoms with Crippen molar-refractivity contribution in [2.45, 2.75) is 107 Å². The predicted molar refractivity (Wildman–Crippen MR) is 152 cm³/mol. The highest BCUT2D eigenvalue weighted by molar-refractivity contribution is 5.33. The molecule has 34 heavy (non-hydrogen) atoms. The number of hydrogen-bond acceptors (Lipinski definition) is 1. The van der Waals surface area contributed by atoms with Crippen molar-refractivity contribution in [3.8, 4) is 0 Å². The van der Waals surface area contributed by atoms with Crippen molar-refractivity contribution in [3.63, 3.8) is 0 Å². The van der Waals surface area contributed by atoms with E-state index in [9.17, 15) is 4.39 Å². The highest BCUT2D eigenvalue weighted by Crippen LogP contribution is 2.20. The van der Waals surface area contributed by atoms with Crippen molar-refractivity contribution in [1.29, 1.82) is 0 Å². The minimum Gasteiger partial charge on any atom is -0.299 e. The molecule has 0 radical (unpaired) electrons. The van der Waals surface area contributed by atoms with Crippen LogP contribution in [0.4, 0.5) is 4.39 Å². The number of allylic oxidation sites excluding steroid dienone is 5. The standard InChI is InChI=1S/C14H20FN.C14H24.C4H10/c1-11-5-7-16(8-6-11)10-13-4-3-12(2)9-14(13)15;1-7-12(4)10-14(6)13(5)9-8-11(2)3;1-3-4-2/h3-4,9,11H,5-8,10H2,1-2H3;7,10-11H,5,8-9H2,1-4,6H3;3-4H2,1-2H3/b;12-7-,14-10-;. The molecular weight excluding hydrogens is 417 g/mol. The average molecular weight is 472 g/mol. The van der Waals surface area contributed by atoms with Crippen LogP contribution in [0, 0.1) is 24.6 Å². The van der Waals surface area contributed by atoms with Crippen molar-refractivity contribution < 1.29 is 4.39 Å². The third-order valence-corrected chi connectivity index (χ3v) is 6.46. The van der Waals surface area contributed by atoms with Crippen LogP contribution in [0.5, 0.6) is 0 Å². The van der Waals surface area contributed by atoms with E-state index in [4.69, 9.17) is 0 Å². The summed E-state index contributed by atoms with van der Waals surface area (Å²) in [6.07, 6.45) is 11.8. The first-order chi connectivity index (χ1) is 16.0. The van der Waals surface area contributed by atoms with Gasteiger partial charge in [0, 0.05) is 12.1 Å². The average Bonchev–Trinajstić information content (AvgIpc) is 2.81.